The van der Waals surface area contributed by atoms with Gasteiger partial charge in [-0.05, 0) is 0 Å². The molecule has 1 rings (SSSR count). The molecule has 0 spiro atoms. The van der Waals surface area contributed by atoms with E-state index in [2.05, 4.69) is 13.2 Å². The van der Waals surface area contributed by atoms with Crippen molar-refractivity contribution in [2.24, 2.45) is 0 Å². The van der Waals surface area contributed by atoms with E-state index in [0.717, 1.165) is 0 Å². The van der Waals surface area contributed by atoms with Gasteiger partial charge in [0.15, 0.2) is 12.2 Å². The van der Waals surface area contributed by atoms with E-state index in [0.29, 0.717) is 0 Å². The van der Waals surface area contributed by atoms with Gasteiger partial charge in [-0.25, -0.2) is 9.59 Å². The highest BCUT2D eigenvalue weighted by Crippen LogP contribution is 2.12. The summed E-state index contributed by atoms with van der Waals surface area (Å²) in [5.41, 5.74) is 0. The molecule has 122 valence electrons. The van der Waals surface area contributed by atoms with Crippen LogP contribution in [0.15, 0.2) is 25.3 Å². The van der Waals surface area contributed by atoms with Crippen molar-refractivity contribution in [3.8, 4) is 0 Å². The van der Waals surface area contributed by atoms with Crippen molar-refractivity contribution in [1.29, 1.82) is 0 Å². The van der Waals surface area contributed by atoms with E-state index in [1.54, 1.807) is 0 Å². The molecule has 0 aromatic heterocycles. The fraction of sp³-hybridized carbons (Fsp3) is 0.538. The molecule has 2 unspecified atom stereocenters. The van der Waals surface area contributed by atoms with Crippen LogP contribution in [0.25, 0.3) is 0 Å². The maximum Gasteiger partial charge on any atom is 0.640 e. The van der Waals surface area contributed by atoms with Crippen molar-refractivity contribution in [1.82, 2.24) is 0 Å². The predicted molar refractivity (Wildman–Crippen MR) is 75.6 cm³/mol. The van der Waals surface area contributed by atoms with Crippen molar-refractivity contribution in [3.05, 3.63) is 25.3 Å². The Kier molecular flexibility index (Phi) is 8.45. The predicted octanol–water partition coefficient (Wildman–Crippen LogP) is -0.123. The lowest BCUT2D eigenvalue weighted by Gasteiger charge is -2.15. The third-order valence-electron chi connectivity index (χ3n) is 2.54. The van der Waals surface area contributed by atoms with Crippen LogP contribution in [-0.4, -0.2) is 65.0 Å². The fourth-order valence-corrected chi connectivity index (χ4v) is 1.46. The van der Waals surface area contributed by atoms with Crippen LogP contribution in [-0.2, 0) is 37.8 Å². The van der Waals surface area contributed by atoms with Crippen LogP contribution in [0.5, 0.6) is 0 Å². The lowest BCUT2D eigenvalue weighted by atomic mass is 10.2. The number of esters is 2. The monoisotopic (exact) mass is 314 g/mol. The SMILES string of the molecule is C=CCOC(=O)C(COB1OCC(C(=O)OCC=C)O1)OC. The molecule has 2 atom stereocenters. The zero-order chi connectivity index (χ0) is 16.4. The van der Waals surface area contributed by atoms with Crippen LogP contribution in [0.2, 0.25) is 0 Å². The Morgan fingerprint density at radius 3 is 2.64 bits per heavy atom. The van der Waals surface area contributed by atoms with E-state index >= 15 is 0 Å². The molecule has 1 fully saturated rings. The van der Waals surface area contributed by atoms with Crippen LogP contribution < -0.4 is 0 Å². The van der Waals surface area contributed by atoms with Crippen LogP contribution in [0.4, 0.5) is 0 Å². The zero-order valence-corrected chi connectivity index (χ0v) is 12.4. The summed E-state index contributed by atoms with van der Waals surface area (Å²) >= 11 is 0. The number of carbonyl (C=O) groups excluding carboxylic acids is 2. The standard InChI is InChI=1S/C13H19BO8/c1-4-6-18-12(15)10(17-3)8-20-14-21-9-11(22-14)13(16)19-7-5-2/h4-5,10-11H,1-2,6-9H2,3H3. The second kappa shape index (κ2) is 10.1. The Morgan fingerprint density at radius 2 is 2.00 bits per heavy atom. The van der Waals surface area contributed by atoms with Crippen molar-refractivity contribution in [3.63, 3.8) is 0 Å². The highest BCUT2D eigenvalue weighted by atomic mass is 16.8. The summed E-state index contributed by atoms with van der Waals surface area (Å²) in [5.74, 6) is -1.16. The smallest absolute Gasteiger partial charge is 0.460 e. The topological polar surface area (TPSA) is 89.5 Å². The molecule has 1 aliphatic heterocycles. The van der Waals surface area contributed by atoms with Gasteiger partial charge >= 0.3 is 19.3 Å². The van der Waals surface area contributed by atoms with Crippen molar-refractivity contribution < 1.29 is 37.8 Å². The second-order valence-corrected chi connectivity index (χ2v) is 4.14. The van der Waals surface area contributed by atoms with Gasteiger partial charge < -0.3 is 28.2 Å². The molecule has 0 aromatic carbocycles. The molecule has 0 aromatic rings. The van der Waals surface area contributed by atoms with Crippen molar-refractivity contribution in [2.75, 3.05) is 33.5 Å². The van der Waals surface area contributed by atoms with Crippen molar-refractivity contribution >= 4 is 19.3 Å². The van der Waals surface area contributed by atoms with Crippen LogP contribution in [0, 0.1) is 0 Å². The van der Waals surface area contributed by atoms with E-state index in [1.165, 1.54) is 19.3 Å². The number of ether oxygens (including phenoxy) is 3. The van der Waals surface area contributed by atoms with Gasteiger partial charge in [-0.15, -0.1) is 0 Å². The molecule has 0 aliphatic carbocycles. The summed E-state index contributed by atoms with van der Waals surface area (Å²) in [6.45, 7) is 6.88. The third kappa shape index (κ3) is 5.98. The summed E-state index contributed by atoms with van der Waals surface area (Å²) in [7, 11) is 0.265. The van der Waals surface area contributed by atoms with E-state index in [9.17, 15) is 9.59 Å². The molecule has 22 heavy (non-hydrogen) atoms. The first-order chi connectivity index (χ1) is 10.6. The quantitative estimate of drug-likeness (QED) is 0.313. The number of rotatable bonds is 10. The van der Waals surface area contributed by atoms with E-state index < -0.39 is 31.5 Å². The highest BCUT2D eigenvalue weighted by molar-refractivity contribution is 6.37. The number of hydrogen-bond donors (Lipinski definition) is 0. The molecule has 0 N–H and O–H groups in total. The molecule has 0 bridgehead atoms. The lowest BCUT2D eigenvalue weighted by Crippen LogP contribution is -2.35. The third-order valence-corrected chi connectivity index (χ3v) is 2.54. The number of hydrogen-bond acceptors (Lipinski definition) is 8. The van der Waals surface area contributed by atoms with Crippen LogP contribution in [0.1, 0.15) is 0 Å². The number of carbonyl (C=O) groups is 2. The van der Waals surface area contributed by atoms with Crippen LogP contribution in [0.3, 0.4) is 0 Å². The minimum absolute atomic E-state index is 0.000791. The van der Waals surface area contributed by atoms with Gasteiger partial charge in [0.2, 0.25) is 0 Å². The Hall–Kier alpha value is -1.68. The van der Waals surface area contributed by atoms with Gasteiger partial charge in [0.25, 0.3) is 0 Å². The molecule has 9 heteroatoms. The minimum Gasteiger partial charge on any atom is -0.460 e. The summed E-state index contributed by atoms with van der Waals surface area (Å²) in [5, 5.41) is 0. The summed E-state index contributed by atoms with van der Waals surface area (Å²) in [6, 6.07) is 0. The number of methoxy groups -OCH3 is 1. The molecule has 1 saturated heterocycles. The van der Waals surface area contributed by atoms with Crippen LogP contribution >= 0.6 is 0 Å². The first kappa shape index (κ1) is 18.4. The molecule has 1 heterocycles. The average molecular weight is 314 g/mol. The second-order valence-electron chi connectivity index (χ2n) is 4.14. The molecular formula is C13H19BO8. The lowest BCUT2D eigenvalue weighted by molar-refractivity contribution is -0.156. The highest BCUT2D eigenvalue weighted by Gasteiger charge is 2.39. The molecule has 0 saturated carbocycles. The summed E-state index contributed by atoms with van der Waals surface area (Å²) < 4.78 is 30.2. The van der Waals surface area contributed by atoms with Gasteiger partial charge in [0.1, 0.15) is 13.2 Å². The average Bonchev–Trinajstić information content (AvgIpc) is 3.00. The van der Waals surface area contributed by atoms with E-state index in [-0.39, 0.29) is 26.4 Å². The van der Waals surface area contributed by atoms with Gasteiger partial charge in [-0.2, -0.15) is 0 Å². The Bertz CT molecular complexity index is 400. The van der Waals surface area contributed by atoms with Gasteiger partial charge in [-0.1, -0.05) is 25.3 Å². The molecule has 1 aliphatic rings. The van der Waals surface area contributed by atoms with Gasteiger partial charge in [0, 0.05) is 7.11 Å². The maximum atomic E-state index is 11.6. The molecule has 8 nitrogen and oxygen atoms in total. The van der Waals surface area contributed by atoms with Gasteiger partial charge in [0.05, 0.1) is 13.2 Å². The molecular weight excluding hydrogens is 295 g/mol. The zero-order valence-electron chi connectivity index (χ0n) is 12.4. The first-order valence-electron chi connectivity index (χ1n) is 6.58. The van der Waals surface area contributed by atoms with Gasteiger partial charge in [-0.3, -0.25) is 0 Å². The summed E-state index contributed by atoms with van der Waals surface area (Å²) in [4.78, 5) is 23.1. The Morgan fingerprint density at radius 1 is 1.32 bits per heavy atom. The minimum atomic E-state index is -1.08. The Labute approximate surface area is 129 Å². The summed E-state index contributed by atoms with van der Waals surface area (Å²) in [6.07, 6.45) is 1.08. The van der Waals surface area contributed by atoms with E-state index in [4.69, 9.17) is 28.2 Å². The van der Waals surface area contributed by atoms with E-state index in [1.807, 2.05) is 0 Å². The van der Waals surface area contributed by atoms with Crippen molar-refractivity contribution in [2.45, 2.75) is 12.2 Å². The Balaban J connectivity index is 2.32. The normalized spacial score (nSPS) is 18.6. The molecule has 0 radical (unpaired) electrons. The maximum absolute atomic E-state index is 11.6. The fourth-order valence-electron chi connectivity index (χ4n) is 1.46. The molecule has 0 amide bonds. The largest absolute Gasteiger partial charge is 0.640 e. The first-order valence-corrected chi connectivity index (χ1v) is 6.58.